The van der Waals surface area contributed by atoms with E-state index in [2.05, 4.69) is 30.8 Å². The molecule has 3 nitrogen and oxygen atoms in total. The molecule has 1 aromatic heterocycles. The molecule has 0 aliphatic carbocycles. The van der Waals surface area contributed by atoms with Gasteiger partial charge in [0.05, 0.1) is 9.99 Å². The van der Waals surface area contributed by atoms with Gasteiger partial charge in [-0.05, 0) is 46.4 Å². The van der Waals surface area contributed by atoms with Gasteiger partial charge in [0, 0.05) is 24.5 Å². The molecule has 94 valence electrons. The number of nitrogens with zero attached hydrogens (tertiary/aromatic N) is 3. The summed E-state index contributed by atoms with van der Waals surface area (Å²) in [6.07, 6.45) is 2.29. The van der Waals surface area contributed by atoms with Crippen LogP contribution in [0.25, 0.3) is 10.9 Å². The van der Waals surface area contributed by atoms with Crippen LogP contribution in [0, 0.1) is 5.82 Å². The van der Waals surface area contributed by atoms with Gasteiger partial charge in [-0.3, -0.25) is 0 Å². The van der Waals surface area contributed by atoms with Crippen LogP contribution in [0.4, 0.5) is 10.2 Å². The Kier molecular flexibility index (Phi) is 3.11. The van der Waals surface area contributed by atoms with Crippen molar-refractivity contribution in [2.45, 2.75) is 12.8 Å². The maximum atomic E-state index is 13.5. The van der Waals surface area contributed by atoms with Gasteiger partial charge in [0.1, 0.15) is 11.6 Å². The molecule has 0 saturated carbocycles. The third kappa shape index (κ3) is 2.06. The van der Waals surface area contributed by atoms with Crippen LogP contribution in [0.15, 0.2) is 16.6 Å². The standard InChI is InChI=1S/C12H10BrClFN3/c13-8-5-7-10(6-9(8)15)16-12(14)17-11(7)18-3-1-2-4-18/h5-6H,1-4H2. The fraction of sp³-hybridized carbons (Fsp3) is 0.333. The topological polar surface area (TPSA) is 29.0 Å². The number of halogens is 3. The number of hydrogen-bond donors (Lipinski definition) is 0. The van der Waals surface area contributed by atoms with E-state index in [1.807, 2.05) is 0 Å². The Hall–Kier alpha value is -0.940. The molecule has 0 bridgehead atoms. The van der Waals surface area contributed by atoms with Gasteiger partial charge in [0.25, 0.3) is 0 Å². The van der Waals surface area contributed by atoms with Crippen molar-refractivity contribution in [3.8, 4) is 0 Å². The van der Waals surface area contributed by atoms with E-state index in [0.29, 0.717) is 9.99 Å². The first-order valence-corrected chi connectivity index (χ1v) is 6.89. The largest absolute Gasteiger partial charge is 0.356 e. The van der Waals surface area contributed by atoms with Crippen LogP contribution in [0.1, 0.15) is 12.8 Å². The van der Waals surface area contributed by atoms with E-state index in [1.54, 1.807) is 6.07 Å². The van der Waals surface area contributed by atoms with Crippen molar-refractivity contribution in [2.24, 2.45) is 0 Å². The summed E-state index contributed by atoms with van der Waals surface area (Å²) < 4.78 is 13.9. The van der Waals surface area contributed by atoms with Gasteiger partial charge >= 0.3 is 0 Å². The van der Waals surface area contributed by atoms with Crippen molar-refractivity contribution < 1.29 is 4.39 Å². The van der Waals surface area contributed by atoms with Crippen LogP contribution in [0.2, 0.25) is 5.28 Å². The van der Waals surface area contributed by atoms with Crippen molar-refractivity contribution in [1.29, 1.82) is 0 Å². The lowest BCUT2D eigenvalue weighted by Gasteiger charge is -2.18. The number of fused-ring (bicyclic) bond motifs is 1. The molecule has 6 heteroatoms. The van der Waals surface area contributed by atoms with Crippen LogP contribution >= 0.6 is 27.5 Å². The molecule has 0 radical (unpaired) electrons. The highest BCUT2D eigenvalue weighted by Gasteiger charge is 2.18. The van der Waals surface area contributed by atoms with Crippen LogP contribution < -0.4 is 4.90 Å². The summed E-state index contributed by atoms with van der Waals surface area (Å²) in [7, 11) is 0. The third-order valence-electron chi connectivity index (χ3n) is 3.10. The SMILES string of the molecule is Fc1cc2nc(Cl)nc(N3CCCC3)c2cc1Br. The number of rotatable bonds is 1. The second kappa shape index (κ2) is 4.63. The van der Waals surface area contributed by atoms with Crippen molar-refractivity contribution in [1.82, 2.24) is 9.97 Å². The van der Waals surface area contributed by atoms with Gasteiger partial charge in [-0.25, -0.2) is 9.37 Å². The maximum Gasteiger partial charge on any atom is 0.224 e. The molecule has 3 rings (SSSR count). The van der Waals surface area contributed by atoms with E-state index >= 15 is 0 Å². The summed E-state index contributed by atoms with van der Waals surface area (Å²) in [5, 5.41) is 0.987. The second-order valence-electron chi connectivity index (χ2n) is 4.29. The minimum Gasteiger partial charge on any atom is -0.356 e. The normalized spacial score (nSPS) is 15.6. The van der Waals surface area contributed by atoms with Gasteiger partial charge in [-0.15, -0.1) is 0 Å². The van der Waals surface area contributed by atoms with Crippen molar-refractivity contribution in [2.75, 3.05) is 18.0 Å². The number of aromatic nitrogens is 2. The zero-order chi connectivity index (χ0) is 12.7. The molecule has 18 heavy (non-hydrogen) atoms. The average Bonchev–Trinajstić information content (AvgIpc) is 2.84. The number of hydrogen-bond acceptors (Lipinski definition) is 3. The highest BCUT2D eigenvalue weighted by molar-refractivity contribution is 9.10. The molecule has 0 N–H and O–H groups in total. The lowest BCUT2D eigenvalue weighted by molar-refractivity contribution is 0.622. The van der Waals surface area contributed by atoms with E-state index in [9.17, 15) is 4.39 Å². The summed E-state index contributed by atoms with van der Waals surface area (Å²) in [5.74, 6) is 0.452. The lowest BCUT2D eigenvalue weighted by Crippen LogP contribution is -2.19. The fourth-order valence-electron chi connectivity index (χ4n) is 2.25. The van der Waals surface area contributed by atoms with Crippen molar-refractivity contribution in [3.63, 3.8) is 0 Å². The highest BCUT2D eigenvalue weighted by atomic mass is 79.9. The molecule has 1 aromatic carbocycles. The lowest BCUT2D eigenvalue weighted by atomic mass is 10.2. The first kappa shape index (κ1) is 12.1. The van der Waals surface area contributed by atoms with Crippen LogP contribution in [-0.4, -0.2) is 23.1 Å². The van der Waals surface area contributed by atoms with Crippen molar-refractivity contribution in [3.05, 3.63) is 27.7 Å². The third-order valence-corrected chi connectivity index (χ3v) is 3.87. The fourth-order valence-corrected chi connectivity index (χ4v) is 2.76. The number of benzene rings is 1. The molecule has 0 amide bonds. The summed E-state index contributed by atoms with van der Waals surface area (Å²) in [6, 6.07) is 3.10. The van der Waals surface area contributed by atoms with Crippen molar-refractivity contribution >= 4 is 44.3 Å². The van der Waals surface area contributed by atoms with Gasteiger partial charge in [-0.2, -0.15) is 4.98 Å². The quantitative estimate of drug-likeness (QED) is 0.745. The van der Waals surface area contributed by atoms with Gasteiger partial charge in [0.2, 0.25) is 5.28 Å². The monoisotopic (exact) mass is 329 g/mol. The minimum absolute atomic E-state index is 0.158. The molecule has 1 fully saturated rings. The molecule has 0 unspecified atom stereocenters. The Labute approximate surface area is 117 Å². The molecule has 1 aliphatic heterocycles. The highest BCUT2D eigenvalue weighted by Crippen LogP contribution is 2.31. The van der Waals surface area contributed by atoms with E-state index < -0.39 is 0 Å². The number of anilines is 1. The van der Waals surface area contributed by atoms with Gasteiger partial charge in [0.15, 0.2) is 0 Å². The molecule has 2 aromatic rings. The minimum atomic E-state index is -0.343. The predicted octanol–water partition coefficient (Wildman–Crippen LogP) is 3.79. The molecular formula is C12H10BrClFN3. The Bertz CT molecular complexity index is 614. The molecule has 1 aliphatic rings. The molecular weight excluding hydrogens is 321 g/mol. The molecule has 1 saturated heterocycles. The van der Waals surface area contributed by atoms with Crippen LogP contribution in [0.5, 0.6) is 0 Å². The van der Waals surface area contributed by atoms with Crippen LogP contribution in [0.3, 0.4) is 0 Å². The van der Waals surface area contributed by atoms with E-state index in [4.69, 9.17) is 11.6 Å². The Morgan fingerprint density at radius 1 is 1.22 bits per heavy atom. The Morgan fingerprint density at radius 3 is 2.67 bits per heavy atom. The maximum absolute atomic E-state index is 13.5. The zero-order valence-corrected chi connectivity index (χ0v) is 11.8. The first-order valence-electron chi connectivity index (χ1n) is 5.72. The summed E-state index contributed by atoms with van der Waals surface area (Å²) in [5.41, 5.74) is 0.539. The van der Waals surface area contributed by atoms with Gasteiger partial charge < -0.3 is 4.90 Å². The zero-order valence-electron chi connectivity index (χ0n) is 9.46. The summed E-state index contributed by atoms with van der Waals surface area (Å²) in [4.78, 5) is 10.5. The molecule has 0 atom stereocenters. The Morgan fingerprint density at radius 2 is 1.94 bits per heavy atom. The average molecular weight is 331 g/mol. The summed E-state index contributed by atoms with van der Waals surface area (Å²) in [6.45, 7) is 1.91. The summed E-state index contributed by atoms with van der Waals surface area (Å²) >= 11 is 9.11. The molecule has 2 heterocycles. The smallest absolute Gasteiger partial charge is 0.224 e. The van der Waals surface area contributed by atoms with E-state index in [1.165, 1.54) is 6.07 Å². The predicted molar refractivity (Wildman–Crippen MR) is 73.7 cm³/mol. The second-order valence-corrected chi connectivity index (χ2v) is 5.49. The van der Waals surface area contributed by atoms with E-state index in [-0.39, 0.29) is 11.1 Å². The molecule has 0 spiro atoms. The van der Waals surface area contributed by atoms with Gasteiger partial charge in [-0.1, -0.05) is 0 Å². The first-order chi connectivity index (χ1) is 8.65. The van der Waals surface area contributed by atoms with E-state index in [0.717, 1.165) is 37.1 Å². The Balaban J connectivity index is 2.25. The van der Waals surface area contributed by atoms with Crippen LogP contribution in [-0.2, 0) is 0 Å².